The first-order valence-corrected chi connectivity index (χ1v) is 9.67. The number of anilines is 2. The summed E-state index contributed by atoms with van der Waals surface area (Å²) in [7, 11) is 0. The van der Waals surface area contributed by atoms with Crippen LogP contribution in [-0.2, 0) is 14.5 Å². The number of thioether (sulfide) groups is 1. The zero-order valence-corrected chi connectivity index (χ0v) is 15.6. The van der Waals surface area contributed by atoms with Crippen molar-refractivity contribution in [2.75, 3.05) is 16.5 Å². The van der Waals surface area contributed by atoms with Crippen molar-refractivity contribution >= 4 is 45.9 Å². The van der Waals surface area contributed by atoms with Crippen molar-refractivity contribution in [1.82, 2.24) is 5.01 Å². The van der Waals surface area contributed by atoms with Crippen LogP contribution in [0.1, 0.15) is 11.1 Å². The van der Waals surface area contributed by atoms with Crippen LogP contribution in [0, 0.1) is 6.92 Å². The van der Waals surface area contributed by atoms with Crippen molar-refractivity contribution < 1.29 is 14.0 Å². The highest BCUT2D eigenvalue weighted by Gasteiger charge is 2.58. The molecule has 7 nitrogen and oxygen atoms in total. The zero-order valence-electron chi connectivity index (χ0n) is 14.8. The summed E-state index contributed by atoms with van der Waals surface area (Å²) in [6.45, 7) is 1.85. The van der Waals surface area contributed by atoms with Gasteiger partial charge in [-0.15, -0.1) is 11.8 Å². The molecule has 3 heterocycles. The van der Waals surface area contributed by atoms with Crippen molar-refractivity contribution in [1.29, 1.82) is 0 Å². The maximum atomic E-state index is 12.9. The van der Waals surface area contributed by atoms with Gasteiger partial charge in [-0.3, -0.25) is 15.0 Å². The highest BCUT2D eigenvalue weighted by Crippen LogP contribution is 2.52. The Morgan fingerprint density at radius 1 is 1.14 bits per heavy atom. The molecule has 1 unspecified atom stereocenters. The Morgan fingerprint density at radius 3 is 2.82 bits per heavy atom. The van der Waals surface area contributed by atoms with Crippen LogP contribution in [0.2, 0.25) is 0 Å². The molecule has 0 bridgehead atoms. The van der Waals surface area contributed by atoms with E-state index in [2.05, 4.69) is 10.7 Å². The van der Waals surface area contributed by atoms with Gasteiger partial charge in [0, 0.05) is 22.7 Å². The molecule has 28 heavy (non-hydrogen) atoms. The third-order valence-corrected chi connectivity index (χ3v) is 6.41. The predicted octanol–water partition coefficient (Wildman–Crippen LogP) is 2.81. The normalized spacial score (nSPS) is 20.7. The number of carbonyl (C=O) groups is 2. The Balaban J connectivity index is 1.61. The summed E-state index contributed by atoms with van der Waals surface area (Å²) >= 11 is 1.29. The van der Waals surface area contributed by atoms with Gasteiger partial charge in [-0.2, -0.15) is 0 Å². The van der Waals surface area contributed by atoms with Crippen LogP contribution in [0.25, 0.3) is 11.0 Å². The number of fused-ring (bicyclic) bond motifs is 3. The smallest absolute Gasteiger partial charge is 0.336 e. The highest BCUT2D eigenvalue weighted by atomic mass is 32.2. The van der Waals surface area contributed by atoms with Gasteiger partial charge in [0.05, 0.1) is 11.4 Å². The number of rotatable bonds is 2. The molecular formula is C20H15N3O4S. The van der Waals surface area contributed by atoms with E-state index in [1.165, 1.54) is 22.8 Å². The molecule has 1 spiro atoms. The first-order chi connectivity index (χ1) is 13.5. The first kappa shape index (κ1) is 16.9. The number of amides is 2. The lowest BCUT2D eigenvalue weighted by atomic mass is 10.1. The molecule has 140 valence electrons. The largest absolute Gasteiger partial charge is 0.423 e. The molecule has 1 saturated heterocycles. The Kier molecular flexibility index (Phi) is 3.54. The fraction of sp³-hybridized carbons (Fsp3) is 0.150. The van der Waals surface area contributed by atoms with Crippen molar-refractivity contribution in [3.8, 4) is 0 Å². The van der Waals surface area contributed by atoms with E-state index in [-0.39, 0.29) is 17.6 Å². The number of hydrazine groups is 1. The van der Waals surface area contributed by atoms with E-state index in [1.54, 1.807) is 18.2 Å². The minimum absolute atomic E-state index is 0.184. The molecule has 0 radical (unpaired) electrons. The van der Waals surface area contributed by atoms with Gasteiger partial charge in [-0.05, 0) is 36.8 Å². The zero-order chi connectivity index (χ0) is 19.5. The maximum absolute atomic E-state index is 12.9. The van der Waals surface area contributed by atoms with Gasteiger partial charge in [-0.1, -0.05) is 18.2 Å². The van der Waals surface area contributed by atoms with Gasteiger partial charge in [0.15, 0.2) is 0 Å². The second-order valence-electron chi connectivity index (χ2n) is 6.73. The number of aryl methyl sites for hydroxylation is 1. The first-order valence-electron chi connectivity index (χ1n) is 8.68. The lowest BCUT2D eigenvalue weighted by Crippen LogP contribution is -2.50. The van der Waals surface area contributed by atoms with E-state index >= 15 is 0 Å². The quantitative estimate of drug-likeness (QED) is 0.651. The summed E-state index contributed by atoms with van der Waals surface area (Å²) in [6.07, 6.45) is 0. The van der Waals surface area contributed by atoms with Crippen molar-refractivity contribution in [3.63, 3.8) is 0 Å². The highest BCUT2D eigenvalue weighted by molar-refractivity contribution is 8.02. The SMILES string of the molecule is Cc1cc2oc(=O)ccc2cc1NN1C(=O)CSC12C(=O)Nc1ccccc12. The molecule has 2 amide bonds. The molecule has 5 rings (SSSR count). The molecule has 2 N–H and O–H groups in total. The van der Waals surface area contributed by atoms with Crippen LogP contribution in [0.5, 0.6) is 0 Å². The minimum Gasteiger partial charge on any atom is -0.423 e. The summed E-state index contributed by atoms with van der Waals surface area (Å²) in [5, 5.41) is 5.00. The van der Waals surface area contributed by atoms with E-state index in [9.17, 15) is 14.4 Å². The van der Waals surface area contributed by atoms with Gasteiger partial charge in [-0.25, -0.2) is 9.80 Å². The van der Waals surface area contributed by atoms with Crippen molar-refractivity contribution in [2.45, 2.75) is 11.8 Å². The number of para-hydroxylation sites is 1. The van der Waals surface area contributed by atoms with E-state index in [4.69, 9.17) is 4.42 Å². The molecule has 2 aromatic carbocycles. The van der Waals surface area contributed by atoms with Gasteiger partial charge in [0.2, 0.25) is 4.87 Å². The fourth-order valence-electron chi connectivity index (χ4n) is 3.65. The van der Waals surface area contributed by atoms with Gasteiger partial charge in [0.25, 0.3) is 11.8 Å². The van der Waals surface area contributed by atoms with Crippen LogP contribution in [-0.4, -0.2) is 22.6 Å². The van der Waals surface area contributed by atoms with E-state index < -0.39 is 10.5 Å². The number of hydrogen-bond acceptors (Lipinski definition) is 6. The molecule has 2 aliphatic heterocycles. The third-order valence-electron chi connectivity index (χ3n) is 5.02. The summed E-state index contributed by atoms with van der Waals surface area (Å²) in [6, 6.07) is 13.9. The molecule has 1 atom stereocenters. The van der Waals surface area contributed by atoms with Gasteiger partial charge in [0.1, 0.15) is 5.58 Å². The Hall–Kier alpha value is -3.26. The fourth-order valence-corrected chi connectivity index (χ4v) is 4.91. The van der Waals surface area contributed by atoms with Crippen LogP contribution >= 0.6 is 11.8 Å². The maximum Gasteiger partial charge on any atom is 0.336 e. The van der Waals surface area contributed by atoms with Crippen molar-refractivity contribution in [3.05, 3.63) is 70.1 Å². The van der Waals surface area contributed by atoms with Gasteiger partial charge >= 0.3 is 5.63 Å². The van der Waals surface area contributed by atoms with E-state index in [0.29, 0.717) is 17.0 Å². The number of hydrogen-bond donors (Lipinski definition) is 2. The lowest BCUT2D eigenvalue weighted by Gasteiger charge is -2.33. The summed E-state index contributed by atoms with van der Waals surface area (Å²) in [5.41, 5.74) is 6.11. The summed E-state index contributed by atoms with van der Waals surface area (Å²) in [5.74, 6) is -0.242. The Bertz CT molecular complexity index is 1220. The van der Waals surface area contributed by atoms with E-state index in [0.717, 1.165) is 16.5 Å². The Labute approximate surface area is 163 Å². The standard InChI is InChI=1S/C20H15N3O4S/c1-11-8-16-12(6-7-18(25)27-16)9-15(11)22-23-17(24)10-28-20(23)13-4-2-3-5-14(13)21-19(20)26/h2-9,22H,10H2,1H3,(H,21,26). The molecule has 0 aliphatic carbocycles. The number of nitrogens with one attached hydrogen (secondary N) is 2. The lowest BCUT2D eigenvalue weighted by molar-refractivity contribution is -0.134. The molecule has 1 fully saturated rings. The molecule has 2 aliphatic rings. The molecule has 0 saturated carbocycles. The van der Waals surface area contributed by atoms with Crippen molar-refractivity contribution in [2.24, 2.45) is 0 Å². The molecular weight excluding hydrogens is 378 g/mol. The van der Waals surface area contributed by atoms with Crippen LogP contribution in [0.4, 0.5) is 11.4 Å². The summed E-state index contributed by atoms with van der Waals surface area (Å²) in [4.78, 5) is 35.9. The second kappa shape index (κ2) is 5.87. The Morgan fingerprint density at radius 2 is 1.96 bits per heavy atom. The molecule has 3 aromatic rings. The molecule has 1 aromatic heterocycles. The second-order valence-corrected chi connectivity index (χ2v) is 7.90. The monoisotopic (exact) mass is 393 g/mol. The predicted molar refractivity (Wildman–Crippen MR) is 107 cm³/mol. The average molecular weight is 393 g/mol. The topological polar surface area (TPSA) is 91.7 Å². The third kappa shape index (κ3) is 2.27. The molecule has 8 heteroatoms. The van der Waals surface area contributed by atoms with Crippen LogP contribution < -0.4 is 16.4 Å². The van der Waals surface area contributed by atoms with Gasteiger partial charge < -0.3 is 9.73 Å². The number of nitrogens with zero attached hydrogens (tertiary/aromatic N) is 1. The number of carbonyl (C=O) groups excluding carboxylic acids is 2. The average Bonchev–Trinajstić information content (AvgIpc) is 3.15. The van der Waals surface area contributed by atoms with E-state index in [1.807, 2.05) is 31.2 Å². The minimum atomic E-state index is -1.15. The van der Waals surface area contributed by atoms with Crippen LogP contribution in [0.3, 0.4) is 0 Å². The number of benzene rings is 2. The van der Waals surface area contributed by atoms with Crippen LogP contribution in [0.15, 0.2) is 57.7 Å². The summed E-state index contributed by atoms with van der Waals surface area (Å²) < 4.78 is 5.21.